The van der Waals surface area contributed by atoms with Crippen LogP contribution in [0.5, 0.6) is 0 Å². The van der Waals surface area contributed by atoms with E-state index in [1.807, 2.05) is 0 Å². The highest BCUT2D eigenvalue weighted by Crippen LogP contribution is 1.94. The van der Waals surface area contributed by atoms with Crippen molar-refractivity contribution in [2.45, 2.75) is 26.3 Å². The predicted molar refractivity (Wildman–Crippen MR) is 47.7 cm³/mol. The van der Waals surface area contributed by atoms with E-state index < -0.39 is 18.0 Å². The van der Waals surface area contributed by atoms with Crippen molar-refractivity contribution in [3.8, 4) is 0 Å². The SMILES string of the molecule is C=C(C)OC(=O)N[C@@H](CC)C(N)=O. The Hall–Kier alpha value is -1.52. The van der Waals surface area contributed by atoms with Gasteiger partial charge in [-0.25, -0.2) is 4.79 Å². The summed E-state index contributed by atoms with van der Waals surface area (Å²) in [5.41, 5.74) is 4.99. The second-order valence-electron chi connectivity index (χ2n) is 2.60. The summed E-state index contributed by atoms with van der Waals surface area (Å²) < 4.78 is 4.58. The fraction of sp³-hybridized carbons (Fsp3) is 0.500. The highest BCUT2D eigenvalue weighted by molar-refractivity contribution is 5.84. The maximum atomic E-state index is 10.9. The summed E-state index contributed by atoms with van der Waals surface area (Å²) in [6.07, 6.45) is -0.279. The van der Waals surface area contributed by atoms with Crippen LogP contribution < -0.4 is 11.1 Å². The molecule has 0 aliphatic heterocycles. The van der Waals surface area contributed by atoms with Crippen LogP contribution in [0.3, 0.4) is 0 Å². The van der Waals surface area contributed by atoms with Gasteiger partial charge in [0.2, 0.25) is 5.91 Å². The van der Waals surface area contributed by atoms with Crippen LogP contribution in [0, 0.1) is 0 Å². The number of alkyl carbamates (subject to hydrolysis) is 1. The first-order valence-corrected chi connectivity index (χ1v) is 3.90. The van der Waals surface area contributed by atoms with Crippen LogP contribution in [-0.4, -0.2) is 18.0 Å². The summed E-state index contributed by atoms with van der Waals surface area (Å²) in [5.74, 6) is -0.321. The van der Waals surface area contributed by atoms with Gasteiger partial charge >= 0.3 is 6.09 Å². The number of amides is 2. The molecule has 0 aliphatic rings. The van der Waals surface area contributed by atoms with Crippen LogP contribution in [0.4, 0.5) is 4.79 Å². The Morgan fingerprint density at radius 2 is 2.15 bits per heavy atom. The summed E-state index contributed by atoms with van der Waals surface area (Å²) >= 11 is 0. The topological polar surface area (TPSA) is 81.4 Å². The number of rotatable bonds is 4. The molecule has 0 heterocycles. The number of carbonyl (C=O) groups is 2. The van der Waals surface area contributed by atoms with E-state index in [-0.39, 0.29) is 5.76 Å². The van der Waals surface area contributed by atoms with Gasteiger partial charge in [0.15, 0.2) is 0 Å². The van der Waals surface area contributed by atoms with Gasteiger partial charge in [0, 0.05) is 0 Å². The van der Waals surface area contributed by atoms with Gasteiger partial charge in [-0.05, 0) is 13.3 Å². The third-order valence-electron chi connectivity index (χ3n) is 1.31. The van der Waals surface area contributed by atoms with Crippen molar-refractivity contribution in [2.75, 3.05) is 0 Å². The lowest BCUT2D eigenvalue weighted by Crippen LogP contribution is -2.43. The Balaban J connectivity index is 4.01. The van der Waals surface area contributed by atoms with Crippen LogP contribution in [0.25, 0.3) is 0 Å². The molecule has 1 atom stereocenters. The monoisotopic (exact) mass is 186 g/mol. The number of primary amides is 1. The van der Waals surface area contributed by atoms with Crippen LogP contribution in [0.2, 0.25) is 0 Å². The molecule has 0 bridgehead atoms. The van der Waals surface area contributed by atoms with E-state index >= 15 is 0 Å². The molecule has 2 amide bonds. The first kappa shape index (κ1) is 11.5. The van der Waals surface area contributed by atoms with E-state index in [0.717, 1.165) is 0 Å². The molecule has 0 aromatic rings. The van der Waals surface area contributed by atoms with Gasteiger partial charge < -0.3 is 15.8 Å². The number of nitrogens with two attached hydrogens (primary N) is 1. The van der Waals surface area contributed by atoms with Crippen molar-refractivity contribution in [2.24, 2.45) is 5.73 Å². The first-order valence-electron chi connectivity index (χ1n) is 3.90. The van der Waals surface area contributed by atoms with Gasteiger partial charge in [0.05, 0.1) is 5.76 Å². The van der Waals surface area contributed by atoms with Crippen LogP contribution in [0.15, 0.2) is 12.3 Å². The van der Waals surface area contributed by atoms with E-state index in [1.54, 1.807) is 6.92 Å². The van der Waals surface area contributed by atoms with Gasteiger partial charge in [-0.3, -0.25) is 4.79 Å². The van der Waals surface area contributed by atoms with Gasteiger partial charge in [0.25, 0.3) is 0 Å². The molecule has 0 aliphatic carbocycles. The van der Waals surface area contributed by atoms with Crippen molar-refractivity contribution in [3.05, 3.63) is 12.3 Å². The number of hydrogen-bond acceptors (Lipinski definition) is 3. The standard InChI is InChI=1S/C8H14N2O3/c1-4-6(7(9)11)10-8(12)13-5(2)3/h6H,2,4H2,1,3H3,(H2,9,11)(H,10,12)/t6-/m0/s1. The lowest BCUT2D eigenvalue weighted by molar-refractivity contribution is -0.119. The molecule has 3 N–H and O–H groups in total. The molecule has 0 aromatic carbocycles. The van der Waals surface area contributed by atoms with Crippen LogP contribution in [0.1, 0.15) is 20.3 Å². The fourth-order valence-corrected chi connectivity index (χ4v) is 0.704. The smallest absolute Gasteiger partial charge is 0.412 e. The van der Waals surface area contributed by atoms with Crippen LogP contribution in [-0.2, 0) is 9.53 Å². The molecule has 0 rings (SSSR count). The van der Waals surface area contributed by atoms with E-state index in [0.29, 0.717) is 6.42 Å². The highest BCUT2D eigenvalue weighted by atomic mass is 16.6. The Morgan fingerprint density at radius 1 is 1.62 bits per heavy atom. The molecular weight excluding hydrogens is 172 g/mol. The summed E-state index contributed by atoms with van der Waals surface area (Å²) in [5, 5.41) is 2.30. The zero-order valence-electron chi connectivity index (χ0n) is 7.79. The predicted octanol–water partition coefficient (Wildman–Crippen LogP) is 0.510. The lowest BCUT2D eigenvalue weighted by atomic mass is 10.2. The lowest BCUT2D eigenvalue weighted by Gasteiger charge is -2.12. The first-order chi connectivity index (χ1) is 5.97. The Morgan fingerprint density at radius 3 is 2.46 bits per heavy atom. The molecule has 0 saturated heterocycles. The van der Waals surface area contributed by atoms with Crippen molar-refractivity contribution in [3.63, 3.8) is 0 Å². The van der Waals surface area contributed by atoms with Crippen molar-refractivity contribution in [1.82, 2.24) is 5.32 Å². The van der Waals surface area contributed by atoms with Crippen molar-refractivity contribution < 1.29 is 14.3 Å². The minimum atomic E-state index is -0.710. The average Bonchev–Trinajstić information content (AvgIpc) is 1.98. The molecule has 5 nitrogen and oxygen atoms in total. The normalized spacial score (nSPS) is 11.5. The molecule has 0 unspecified atom stereocenters. The second kappa shape index (κ2) is 5.18. The molecule has 0 spiro atoms. The molecule has 0 radical (unpaired) electrons. The minimum Gasteiger partial charge on any atom is -0.416 e. The number of allylic oxidation sites excluding steroid dienone is 1. The van der Waals surface area contributed by atoms with Crippen molar-refractivity contribution >= 4 is 12.0 Å². The Labute approximate surface area is 76.9 Å². The fourth-order valence-electron chi connectivity index (χ4n) is 0.704. The summed E-state index contributed by atoms with van der Waals surface area (Å²) in [7, 11) is 0. The molecular formula is C8H14N2O3. The molecule has 0 fully saturated rings. The highest BCUT2D eigenvalue weighted by Gasteiger charge is 2.16. The van der Waals surface area contributed by atoms with Gasteiger partial charge in [-0.15, -0.1) is 0 Å². The van der Waals surface area contributed by atoms with E-state index in [2.05, 4.69) is 16.6 Å². The van der Waals surface area contributed by atoms with Crippen molar-refractivity contribution in [1.29, 1.82) is 0 Å². The average molecular weight is 186 g/mol. The van der Waals surface area contributed by atoms with Gasteiger partial charge in [0.1, 0.15) is 6.04 Å². The third-order valence-corrected chi connectivity index (χ3v) is 1.31. The van der Waals surface area contributed by atoms with Gasteiger partial charge in [-0.2, -0.15) is 0 Å². The molecule has 0 saturated carbocycles. The van der Waals surface area contributed by atoms with E-state index in [1.165, 1.54) is 6.92 Å². The maximum absolute atomic E-state index is 10.9. The molecule has 13 heavy (non-hydrogen) atoms. The number of carbonyl (C=O) groups excluding carboxylic acids is 2. The van der Waals surface area contributed by atoms with Crippen LogP contribution >= 0.6 is 0 Å². The zero-order valence-corrected chi connectivity index (χ0v) is 7.79. The summed E-state index contributed by atoms with van der Waals surface area (Å²) in [4.78, 5) is 21.6. The molecule has 74 valence electrons. The quantitative estimate of drug-likeness (QED) is 0.627. The Kier molecular flexibility index (Phi) is 4.58. The minimum absolute atomic E-state index is 0.261. The summed E-state index contributed by atoms with van der Waals surface area (Å²) in [6, 6.07) is -0.688. The zero-order chi connectivity index (χ0) is 10.4. The van der Waals surface area contributed by atoms with E-state index in [9.17, 15) is 9.59 Å². The second-order valence-corrected chi connectivity index (χ2v) is 2.60. The molecule has 5 heteroatoms. The number of ether oxygens (including phenoxy) is 1. The number of hydrogen-bond donors (Lipinski definition) is 2. The maximum Gasteiger partial charge on any atom is 0.412 e. The number of nitrogens with one attached hydrogen (secondary N) is 1. The Bertz CT molecular complexity index is 225. The van der Waals surface area contributed by atoms with Gasteiger partial charge in [-0.1, -0.05) is 13.5 Å². The van der Waals surface area contributed by atoms with E-state index in [4.69, 9.17) is 5.73 Å². The third kappa shape index (κ3) is 4.84. The largest absolute Gasteiger partial charge is 0.416 e. The molecule has 0 aromatic heterocycles. The summed E-state index contributed by atoms with van der Waals surface area (Å²) in [6.45, 7) is 6.64.